The summed E-state index contributed by atoms with van der Waals surface area (Å²) >= 11 is 0. The van der Waals surface area contributed by atoms with Gasteiger partial charge in [0.15, 0.2) is 0 Å². The molecule has 0 unspecified atom stereocenters. The van der Waals surface area contributed by atoms with Gasteiger partial charge in [-0.2, -0.15) is 0 Å². The minimum absolute atomic E-state index is 0. The molecule has 0 aromatic heterocycles. The van der Waals surface area contributed by atoms with Crippen molar-refractivity contribution in [2.75, 3.05) is 0 Å². The van der Waals surface area contributed by atoms with Crippen LogP contribution in [-0.4, -0.2) is 10.2 Å². The monoisotopic (exact) mass is 534 g/mol. The van der Waals surface area contributed by atoms with Crippen molar-refractivity contribution in [3.8, 4) is 44.9 Å². The number of aromatic hydroxyl groups is 2. The largest absolute Gasteiger partial charge is 2.00 e. The second kappa shape index (κ2) is 12.8. The number of benzene rings is 5. The first-order valence-corrected chi connectivity index (χ1v) is 11.8. The Bertz CT molecular complexity index is 1480. The third kappa shape index (κ3) is 5.62. The topological polar surface area (TPSA) is 40.5 Å². The zero-order valence-electron chi connectivity index (χ0n) is 22.4. The van der Waals surface area contributed by atoms with E-state index in [1.807, 2.05) is 91.0 Å². The van der Waals surface area contributed by atoms with Gasteiger partial charge in [0.1, 0.15) is 11.5 Å². The predicted octanol–water partition coefficient (Wildman–Crippen LogP) is 9.32. The van der Waals surface area contributed by atoms with E-state index in [2.05, 4.69) is 38.1 Å². The fraction of sp³-hybridized carbons (Fsp3) is 0.0857. The van der Waals surface area contributed by atoms with Gasteiger partial charge in [-0.1, -0.05) is 129 Å². The Morgan fingerprint density at radius 1 is 0.474 bits per heavy atom. The summed E-state index contributed by atoms with van der Waals surface area (Å²) in [4.78, 5) is 0. The van der Waals surface area contributed by atoms with Crippen LogP contribution in [0.2, 0.25) is 0 Å². The van der Waals surface area contributed by atoms with Gasteiger partial charge in [-0.15, -0.1) is 0 Å². The van der Waals surface area contributed by atoms with Gasteiger partial charge in [-0.3, -0.25) is 0 Å². The van der Waals surface area contributed by atoms with Crippen molar-refractivity contribution in [3.05, 3.63) is 147 Å². The Hall–Kier alpha value is -3.59. The molecular weight excluding hydrogens is 500 g/mol. The molecule has 2 nitrogen and oxygen atoms in total. The SMILES string of the molecule is CC1(C)c2ccccc2-c2c1ccc(-c1ccccc1)c2O.Oc1ccccc1-c1ccccc1.[CH3-].[CH3-].[Ti+2]. The van der Waals surface area contributed by atoms with E-state index in [9.17, 15) is 10.2 Å². The van der Waals surface area contributed by atoms with Gasteiger partial charge in [0.25, 0.3) is 0 Å². The van der Waals surface area contributed by atoms with E-state index in [0.29, 0.717) is 11.5 Å². The number of hydrogen-bond donors (Lipinski definition) is 2. The molecule has 1 aliphatic rings. The van der Waals surface area contributed by atoms with Crippen LogP contribution in [0.15, 0.2) is 121 Å². The molecular formula is C35H34O2Ti. The number of rotatable bonds is 2. The van der Waals surface area contributed by atoms with Crippen molar-refractivity contribution in [3.63, 3.8) is 0 Å². The van der Waals surface area contributed by atoms with Crippen LogP contribution < -0.4 is 0 Å². The number of phenols is 2. The standard InChI is InChI=1S/C21H18O.C12H10O.2CH3.Ti/c1-21(2)17-11-7-6-10-16(17)19-18(21)13-12-15(20(19)22)14-8-4-3-5-9-14;13-12-9-5-4-8-11(12)10-6-2-1-3-7-10;;;/h3-13,22H,1-2H3;1-9,13H;2*1H3;/q;;2*-1;+2. The first-order chi connectivity index (χ1) is 17.0. The van der Waals surface area contributed by atoms with Crippen molar-refractivity contribution >= 4 is 0 Å². The Morgan fingerprint density at radius 2 is 0.947 bits per heavy atom. The van der Waals surface area contributed by atoms with Crippen LogP contribution >= 0.6 is 0 Å². The molecule has 0 saturated heterocycles. The minimum atomic E-state index is -0.0708. The number of phenolic OH excluding ortho intramolecular Hbond substituents is 2. The predicted molar refractivity (Wildman–Crippen MR) is 157 cm³/mol. The molecule has 0 fully saturated rings. The van der Waals surface area contributed by atoms with Gasteiger partial charge in [-0.25, -0.2) is 0 Å². The van der Waals surface area contributed by atoms with Gasteiger partial charge >= 0.3 is 21.7 Å². The molecule has 5 aromatic rings. The van der Waals surface area contributed by atoms with Crippen molar-refractivity contribution in [1.82, 2.24) is 0 Å². The van der Waals surface area contributed by atoms with E-state index >= 15 is 0 Å². The smallest absolute Gasteiger partial charge is 0.507 e. The van der Waals surface area contributed by atoms with Crippen LogP contribution in [0.1, 0.15) is 25.0 Å². The van der Waals surface area contributed by atoms with E-state index in [0.717, 1.165) is 33.4 Å². The molecule has 0 radical (unpaired) electrons. The summed E-state index contributed by atoms with van der Waals surface area (Å²) in [7, 11) is 0. The zero-order valence-corrected chi connectivity index (χ0v) is 24.0. The molecule has 5 aromatic carbocycles. The first-order valence-electron chi connectivity index (χ1n) is 11.8. The van der Waals surface area contributed by atoms with Crippen LogP contribution in [0, 0.1) is 14.9 Å². The molecule has 3 heteroatoms. The molecule has 38 heavy (non-hydrogen) atoms. The van der Waals surface area contributed by atoms with E-state index in [-0.39, 0.29) is 42.0 Å². The van der Waals surface area contributed by atoms with Crippen LogP contribution in [-0.2, 0) is 27.1 Å². The van der Waals surface area contributed by atoms with Crippen molar-refractivity contribution in [1.29, 1.82) is 0 Å². The molecule has 2 N–H and O–H groups in total. The van der Waals surface area contributed by atoms with Gasteiger partial charge in [-0.05, 0) is 33.9 Å². The fourth-order valence-electron chi connectivity index (χ4n) is 4.96. The first kappa shape index (κ1) is 30.6. The van der Waals surface area contributed by atoms with Crippen molar-refractivity contribution in [2.45, 2.75) is 19.3 Å². The zero-order chi connectivity index (χ0) is 24.4. The average molecular weight is 535 g/mol. The van der Waals surface area contributed by atoms with Gasteiger partial charge in [0.05, 0.1) is 0 Å². The molecule has 0 heterocycles. The van der Waals surface area contributed by atoms with Crippen LogP contribution in [0.4, 0.5) is 0 Å². The number of hydrogen-bond acceptors (Lipinski definition) is 2. The fourth-order valence-corrected chi connectivity index (χ4v) is 4.96. The maximum absolute atomic E-state index is 10.9. The molecule has 0 spiro atoms. The van der Waals surface area contributed by atoms with Gasteiger partial charge in [0.2, 0.25) is 0 Å². The molecule has 0 atom stereocenters. The van der Waals surface area contributed by atoms with E-state index in [1.165, 1.54) is 11.1 Å². The third-order valence-corrected chi connectivity index (χ3v) is 6.79. The van der Waals surface area contributed by atoms with Gasteiger partial charge < -0.3 is 25.1 Å². The Labute approximate surface area is 242 Å². The van der Waals surface area contributed by atoms with Crippen molar-refractivity contribution < 1.29 is 31.9 Å². The Morgan fingerprint density at radius 3 is 1.53 bits per heavy atom. The molecule has 0 aliphatic heterocycles. The summed E-state index contributed by atoms with van der Waals surface area (Å²) in [5.41, 5.74) is 8.41. The number of fused-ring (bicyclic) bond motifs is 3. The molecule has 6 rings (SSSR count). The van der Waals surface area contributed by atoms with Crippen LogP contribution in [0.3, 0.4) is 0 Å². The second-order valence-corrected chi connectivity index (χ2v) is 9.30. The average Bonchev–Trinajstić information content (AvgIpc) is 3.13. The molecule has 0 saturated carbocycles. The maximum Gasteiger partial charge on any atom is 2.00 e. The second-order valence-electron chi connectivity index (χ2n) is 9.30. The Kier molecular flexibility index (Phi) is 10.3. The summed E-state index contributed by atoms with van der Waals surface area (Å²) in [6, 6.07) is 39.8. The maximum atomic E-state index is 10.9. The normalized spacial score (nSPS) is 11.7. The van der Waals surface area contributed by atoms with E-state index < -0.39 is 0 Å². The summed E-state index contributed by atoms with van der Waals surface area (Å²) < 4.78 is 0. The van der Waals surface area contributed by atoms with Gasteiger partial charge in [0, 0.05) is 22.1 Å². The van der Waals surface area contributed by atoms with Crippen molar-refractivity contribution in [2.24, 2.45) is 0 Å². The third-order valence-electron chi connectivity index (χ3n) is 6.79. The Balaban J connectivity index is 0.000000276. The minimum Gasteiger partial charge on any atom is -0.507 e. The van der Waals surface area contributed by atoms with E-state index in [1.54, 1.807) is 6.07 Å². The molecule has 0 bridgehead atoms. The molecule has 1 aliphatic carbocycles. The summed E-state index contributed by atoms with van der Waals surface area (Å²) in [5.74, 6) is 0.718. The quantitative estimate of drug-likeness (QED) is 0.175. The number of para-hydroxylation sites is 1. The van der Waals surface area contributed by atoms with E-state index in [4.69, 9.17) is 0 Å². The summed E-state index contributed by atoms with van der Waals surface area (Å²) in [6.07, 6.45) is 0. The molecule has 190 valence electrons. The van der Waals surface area contributed by atoms with Crippen LogP contribution in [0.25, 0.3) is 33.4 Å². The summed E-state index contributed by atoms with van der Waals surface area (Å²) in [5, 5.41) is 20.5. The summed E-state index contributed by atoms with van der Waals surface area (Å²) in [6.45, 7) is 4.44. The van der Waals surface area contributed by atoms with Crippen LogP contribution in [0.5, 0.6) is 11.5 Å². The molecule has 0 amide bonds.